The van der Waals surface area contributed by atoms with Crippen molar-refractivity contribution in [1.29, 1.82) is 0 Å². The summed E-state index contributed by atoms with van der Waals surface area (Å²) in [4.78, 5) is 42.4. The first-order chi connectivity index (χ1) is 14.0. The van der Waals surface area contributed by atoms with Gasteiger partial charge in [-0.1, -0.05) is 54.6 Å². The van der Waals surface area contributed by atoms with E-state index in [-0.39, 0.29) is 22.5 Å². The average Bonchev–Trinajstić information content (AvgIpc) is 2.76. The van der Waals surface area contributed by atoms with Crippen LogP contribution in [0.3, 0.4) is 0 Å². The van der Waals surface area contributed by atoms with Gasteiger partial charge >= 0.3 is 5.69 Å². The Labute approximate surface area is 165 Å². The lowest BCUT2D eigenvalue weighted by atomic mass is 10.0. The molecule has 7 nitrogen and oxygen atoms in total. The maximum absolute atomic E-state index is 12.5. The minimum atomic E-state index is -0.568. The minimum absolute atomic E-state index is 0.187. The average molecular weight is 386 g/mol. The quantitative estimate of drug-likeness (QED) is 0.562. The number of benzene rings is 2. The van der Waals surface area contributed by atoms with Crippen LogP contribution in [0, 0.1) is 0 Å². The molecule has 1 amide bonds. The number of hydrogen-bond acceptors (Lipinski definition) is 4. The van der Waals surface area contributed by atoms with E-state index in [1.807, 2.05) is 54.6 Å². The zero-order valence-electron chi connectivity index (χ0n) is 15.7. The summed E-state index contributed by atoms with van der Waals surface area (Å²) in [6, 6.07) is 19.4. The zero-order chi connectivity index (χ0) is 20.4. The van der Waals surface area contributed by atoms with Crippen LogP contribution in [0.15, 0.2) is 76.4 Å². The zero-order valence-corrected chi connectivity index (χ0v) is 15.7. The maximum atomic E-state index is 12.5. The van der Waals surface area contributed by atoms with Crippen LogP contribution in [0.25, 0.3) is 22.2 Å². The van der Waals surface area contributed by atoms with Gasteiger partial charge in [0.25, 0.3) is 11.5 Å². The molecule has 0 spiro atoms. The molecule has 0 atom stereocenters. The highest BCUT2D eigenvalue weighted by Gasteiger charge is 2.11. The van der Waals surface area contributed by atoms with Gasteiger partial charge < -0.3 is 5.32 Å². The van der Waals surface area contributed by atoms with Crippen molar-refractivity contribution in [3.63, 3.8) is 0 Å². The van der Waals surface area contributed by atoms with Gasteiger partial charge in [-0.3, -0.25) is 19.1 Å². The van der Waals surface area contributed by atoms with Gasteiger partial charge in [0, 0.05) is 19.8 Å². The van der Waals surface area contributed by atoms with Gasteiger partial charge in [0.05, 0.1) is 10.9 Å². The van der Waals surface area contributed by atoms with E-state index in [2.05, 4.69) is 15.3 Å². The Balaban J connectivity index is 1.50. The third-order valence-corrected chi connectivity index (χ3v) is 4.73. The van der Waals surface area contributed by atoms with E-state index >= 15 is 0 Å². The van der Waals surface area contributed by atoms with E-state index in [1.165, 1.54) is 23.9 Å². The number of hydrogen-bond donors (Lipinski definition) is 2. The normalized spacial score (nSPS) is 10.8. The second-order valence-electron chi connectivity index (χ2n) is 6.66. The van der Waals surface area contributed by atoms with E-state index in [4.69, 9.17) is 0 Å². The molecule has 0 aliphatic heterocycles. The lowest BCUT2D eigenvalue weighted by molar-refractivity contribution is 0.0950. The van der Waals surface area contributed by atoms with Crippen molar-refractivity contribution in [1.82, 2.24) is 19.9 Å². The van der Waals surface area contributed by atoms with E-state index in [0.29, 0.717) is 6.54 Å². The minimum Gasteiger partial charge on any atom is -0.348 e. The molecule has 0 saturated carbocycles. The number of fused-ring (bicyclic) bond motifs is 1. The predicted molar refractivity (Wildman–Crippen MR) is 111 cm³/mol. The largest absolute Gasteiger partial charge is 0.348 e. The number of nitrogens with zero attached hydrogens (tertiary/aromatic N) is 2. The molecule has 2 aromatic heterocycles. The van der Waals surface area contributed by atoms with Gasteiger partial charge in [-0.25, -0.2) is 9.78 Å². The fraction of sp³-hybridized carbons (Fsp3) is 0.0909. The van der Waals surface area contributed by atoms with Crippen LogP contribution in [-0.2, 0) is 13.6 Å². The van der Waals surface area contributed by atoms with Gasteiger partial charge in [0.2, 0.25) is 0 Å². The topological polar surface area (TPSA) is 96.9 Å². The first kappa shape index (κ1) is 18.4. The molecule has 144 valence electrons. The molecule has 0 aliphatic carbocycles. The molecule has 2 N–H and O–H groups in total. The highest BCUT2D eigenvalue weighted by Crippen LogP contribution is 2.19. The summed E-state index contributed by atoms with van der Waals surface area (Å²) in [5.41, 5.74) is 2.54. The second-order valence-corrected chi connectivity index (χ2v) is 6.66. The molecule has 0 fully saturated rings. The molecule has 0 bridgehead atoms. The van der Waals surface area contributed by atoms with Gasteiger partial charge in [0.15, 0.2) is 0 Å². The third-order valence-electron chi connectivity index (χ3n) is 4.73. The van der Waals surface area contributed by atoms with Gasteiger partial charge in [-0.05, 0) is 22.8 Å². The predicted octanol–water partition coefficient (Wildman–Crippen LogP) is 2.22. The Morgan fingerprint density at radius 1 is 1.03 bits per heavy atom. The maximum Gasteiger partial charge on any atom is 0.329 e. The highest BCUT2D eigenvalue weighted by atomic mass is 16.2. The van der Waals surface area contributed by atoms with Crippen molar-refractivity contribution >= 4 is 16.9 Å². The number of carbonyl (C=O) groups excluding carboxylic acids is 1. The molecule has 0 saturated heterocycles. The van der Waals surface area contributed by atoms with Crippen molar-refractivity contribution in [2.45, 2.75) is 6.54 Å². The Kier molecular flexibility index (Phi) is 4.78. The number of amides is 1. The number of pyridine rings is 1. The van der Waals surface area contributed by atoms with Crippen molar-refractivity contribution in [3.8, 4) is 11.1 Å². The Hall–Kier alpha value is -4.00. The number of nitrogens with one attached hydrogen (secondary N) is 2. The van der Waals surface area contributed by atoms with Crippen LogP contribution in [0.4, 0.5) is 0 Å². The lowest BCUT2D eigenvalue weighted by Crippen LogP contribution is -2.29. The van der Waals surface area contributed by atoms with Gasteiger partial charge in [-0.2, -0.15) is 0 Å². The van der Waals surface area contributed by atoms with E-state index in [1.54, 1.807) is 0 Å². The first-order valence-electron chi connectivity index (χ1n) is 9.04. The van der Waals surface area contributed by atoms with Crippen molar-refractivity contribution in [3.05, 3.63) is 98.8 Å². The summed E-state index contributed by atoms with van der Waals surface area (Å²) < 4.78 is 1.23. The van der Waals surface area contributed by atoms with Gasteiger partial charge in [0.1, 0.15) is 5.65 Å². The van der Waals surface area contributed by atoms with Crippen LogP contribution in [-0.4, -0.2) is 20.4 Å². The monoisotopic (exact) mass is 386 g/mol. The summed E-state index contributed by atoms with van der Waals surface area (Å²) in [6.07, 6.45) is 1.36. The first-order valence-corrected chi connectivity index (χ1v) is 9.04. The molecular weight excluding hydrogens is 368 g/mol. The SMILES string of the molecule is Cn1c(=O)[nH]c(=O)c2cc(C(=O)NCc3ccc(-c4ccccc4)cc3)cnc21. The second kappa shape index (κ2) is 7.55. The molecule has 4 rings (SSSR count). The molecule has 0 radical (unpaired) electrons. The Morgan fingerprint density at radius 3 is 2.45 bits per heavy atom. The van der Waals surface area contributed by atoms with Crippen LogP contribution in [0.2, 0.25) is 0 Å². The number of aromatic nitrogens is 3. The fourth-order valence-corrected chi connectivity index (χ4v) is 3.09. The third kappa shape index (κ3) is 3.70. The molecule has 4 aromatic rings. The summed E-state index contributed by atoms with van der Waals surface area (Å²) >= 11 is 0. The van der Waals surface area contributed by atoms with E-state index in [9.17, 15) is 14.4 Å². The standard InChI is InChI=1S/C22H18N4O3/c1-26-19-18(21(28)25-22(26)29)11-17(13-23-19)20(27)24-12-14-7-9-16(10-8-14)15-5-3-2-4-6-15/h2-11,13H,12H2,1H3,(H,24,27)(H,25,28,29). The van der Waals surface area contributed by atoms with Gasteiger partial charge in [-0.15, -0.1) is 0 Å². The van der Waals surface area contributed by atoms with Crippen LogP contribution in [0.5, 0.6) is 0 Å². The summed E-state index contributed by atoms with van der Waals surface area (Å²) in [7, 11) is 1.51. The summed E-state index contributed by atoms with van der Waals surface area (Å²) in [5.74, 6) is -0.347. The van der Waals surface area contributed by atoms with Crippen LogP contribution < -0.4 is 16.6 Å². The molecule has 2 aromatic carbocycles. The van der Waals surface area contributed by atoms with Crippen LogP contribution >= 0.6 is 0 Å². The fourth-order valence-electron chi connectivity index (χ4n) is 3.09. The Morgan fingerprint density at radius 2 is 1.72 bits per heavy atom. The molecule has 7 heteroatoms. The number of carbonyl (C=O) groups is 1. The molecule has 29 heavy (non-hydrogen) atoms. The number of aromatic amines is 1. The summed E-state index contributed by atoms with van der Waals surface area (Å²) in [5, 5.41) is 3.01. The molecule has 0 unspecified atom stereocenters. The van der Waals surface area contributed by atoms with Crippen molar-refractivity contribution in [2.75, 3.05) is 0 Å². The smallest absolute Gasteiger partial charge is 0.329 e. The van der Waals surface area contributed by atoms with E-state index in [0.717, 1.165) is 16.7 Å². The number of aryl methyl sites for hydroxylation is 1. The molecular formula is C22H18N4O3. The lowest BCUT2D eigenvalue weighted by Gasteiger charge is -2.08. The van der Waals surface area contributed by atoms with Crippen molar-refractivity contribution in [2.24, 2.45) is 7.05 Å². The highest BCUT2D eigenvalue weighted by molar-refractivity contribution is 5.96. The van der Waals surface area contributed by atoms with Crippen molar-refractivity contribution < 1.29 is 4.79 Å². The summed E-state index contributed by atoms with van der Waals surface area (Å²) in [6.45, 7) is 0.343. The van der Waals surface area contributed by atoms with E-state index < -0.39 is 11.2 Å². The van der Waals surface area contributed by atoms with Crippen LogP contribution in [0.1, 0.15) is 15.9 Å². The molecule has 2 heterocycles. The number of H-pyrrole nitrogens is 1. The Bertz CT molecular complexity index is 1310. The molecule has 0 aliphatic rings. The number of rotatable bonds is 4.